The van der Waals surface area contributed by atoms with Crippen LogP contribution >= 0.6 is 11.8 Å². The van der Waals surface area contributed by atoms with Crippen LogP contribution in [0.3, 0.4) is 0 Å². The molecule has 2 N–H and O–H groups in total. The van der Waals surface area contributed by atoms with Gasteiger partial charge in [0.15, 0.2) is 0 Å². The summed E-state index contributed by atoms with van der Waals surface area (Å²) in [7, 11) is 0. The Hall–Kier alpha value is -2.86. The van der Waals surface area contributed by atoms with Crippen LogP contribution in [-0.2, 0) is 17.8 Å². The third kappa shape index (κ3) is 7.19. The van der Waals surface area contributed by atoms with E-state index in [2.05, 4.69) is 71.1 Å². The molecule has 3 aromatic rings. The van der Waals surface area contributed by atoms with Crippen molar-refractivity contribution in [1.29, 1.82) is 0 Å². The molecule has 1 amide bonds. The molecule has 0 radical (unpaired) electrons. The molecule has 6 heteroatoms. The standard InChI is InChI=1S/C24H28N4OS/c1-3-4-5-19-10-12-21(13-11-19)26-23(29)17-30-24-15-14-22(27-28-24)25-16-20-8-6-18(2)7-9-20/h6-15H,3-5,16-17H2,1-2H3,(H,25,27)(H,26,29). The van der Waals surface area contributed by atoms with Gasteiger partial charge < -0.3 is 10.6 Å². The second kappa shape index (κ2) is 11.4. The van der Waals surface area contributed by atoms with Gasteiger partial charge in [-0.15, -0.1) is 10.2 Å². The maximum Gasteiger partial charge on any atom is 0.234 e. The van der Waals surface area contributed by atoms with Crippen LogP contribution in [0.25, 0.3) is 0 Å². The van der Waals surface area contributed by atoms with E-state index in [1.165, 1.54) is 41.3 Å². The van der Waals surface area contributed by atoms with E-state index in [0.29, 0.717) is 18.1 Å². The molecule has 0 spiro atoms. The minimum absolute atomic E-state index is 0.0512. The zero-order chi connectivity index (χ0) is 21.2. The molecule has 1 heterocycles. The number of nitrogens with zero attached hydrogens (tertiary/aromatic N) is 2. The van der Waals surface area contributed by atoms with Crippen molar-refractivity contribution in [1.82, 2.24) is 10.2 Å². The summed E-state index contributed by atoms with van der Waals surface area (Å²) in [6.45, 7) is 4.96. The van der Waals surface area contributed by atoms with Gasteiger partial charge in [0.1, 0.15) is 10.8 Å². The SMILES string of the molecule is CCCCc1ccc(NC(=O)CSc2ccc(NCc3ccc(C)cc3)nn2)cc1. The van der Waals surface area contributed by atoms with E-state index >= 15 is 0 Å². The number of unbranched alkanes of at least 4 members (excludes halogenated alkanes) is 1. The van der Waals surface area contributed by atoms with Gasteiger partial charge in [-0.2, -0.15) is 0 Å². The molecule has 0 bridgehead atoms. The lowest BCUT2D eigenvalue weighted by molar-refractivity contribution is -0.113. The van der Waals surface area contributed by atoms with E-state index in [1.807, 2.05) is 24.3 Å². The predicted octanol–water partition coefficient (Wildman–Crippen LogP) is 5.47. The molecular weight excluding hydrogens is 392 g/mol. The van der Waals surface area contributed by atoms with Crippen molar-refractivity contribution in [3.05, 3.63) is 77.4 Å². The van der Waals surface area contributed by atoms with Crippen LogP contribution < -0.4 is 10.6 Å². The number of carbonyl (C=O) groups is 1. The number of nitrogens with one attached hydrogen (secondary N) is 2. The number of aromatic nitrogens is 2. The maximum absolute atomic E-state index is 12.2. The smallest absolute Gasteiger partial charge is 0.234 e. The highest BCUT2D eigenvalue weighted by atomic mass is 32.2. The molecule has 0 atom stereocenters. The first kappa shape index (κ1) is 21.8. The Labute approximate surface area is 182 Å². The molecule has 30 heavy (non-hydrogen) atoms. The number of rotatable bonds is 10. The maximum atomic E-state index is 12.2. The summed E-state index contributed by atoms with van der Waals surface area (Å²) in [6, 6.07) is 20.2. The number of thioether (sulfide) groups is 1. The summed E-state index contributed by atoms with van der Waals surface area (Å²) in [5.41, 5.74) is 4.56. The Bertz CT molecular complexity index is 925. The Balaban J connectivity index is 1.41. The molecule has 0 aliphatic carbocycles. The fourth-order valence-corrected chi connectivity index (χ4v) is 3.48. The zero-order valence-corrected chi connectivity index (χ0v) is 18.3. The minimum atomic E-state index is -0.0512. The van der Waals surface area contributed by atoms with E-state index in [4.69, 9.17) is 0 Å². The van der Waals surface area contributed by atoms with Gasteiger partial charge in [-0.1, -0.05) is 67.1 Å². The van der Waals surface area contributed by atoms with Gasteiger partial charge in [0.2, 0.25) is 5.91 Å². The van der Waals surface area contributed by atoms with Crippen LogP contribution in [0.2, 0.25) is 0 Å². The van der Waals surface area contributed by atoms with E-state index < -0.39 is 0 Å². The molecule has 2 aromatic carbocycles. The van der Waals surface area contributed by atoms with Crippen LogP contribution in [0.4, 0.5) is 11.5 Å². The number of hydrogen-bond donors (Lipinski definition) is 2. The van der Waals surface area contributed by atoms with Gasteiger partial charge in [-0.05, 0) is 55.2 Å². The van der Waals surface area contributed by atoms with Crippen LogP contribution in [-0.4, -0.2) is 21.9 Å². The highest BCUT2D eigenvalue weighted by Gasteiger charge is 2.06. The summed E-state index contributed by atoms with van der Waals surface area (Å²) in [6.07, 6.45) is 3.45. The van der Waals surface area contributed by atoms with Crippen molar-refractivity contribution in [3.8, 4) is 0 Å². The lowest BCUT2D eigenvalue weighted by Gasteiger charge is -2.07. The monoisotopic (exact) mass is 420 g/mol. The number of benzene rings is 2. The van der Waals surface area contributed by atoms with Crippen LogP contribution in [0, 0.1) is 6.92 Å². The first-order valence-electron chi connectivity index (χ1n) is 10.3. The van der Waals surface area contributed by atoms with Crippen LogP contribution in [0.1, 0.15) is 36.5 Å². The molecule has 0 unspecified atom stereocenters. The Morgan fingerprint density at radius 2 is 1.67 bits per heavy atom. The van der Waals surface area contributed by atoms with E-state index in [1.54, 1.807) is 0 Å². The van der Waals surface area contributed by atoms with Crippen molar-refractivity contribution in [2.24, 2.45) is 0 Å². The third-order valence-corrected chi connectivity index (χ3v) is 5.56. The summed E-state index contributed by atoms with van der Waals surface area (Å²) >= 11 is 1.37. The normalized spacial score (nSPS) is 10.6. The molecule has 156 valence electrons. The predicted molar refractivity (Wildman–Crippen MR) is 125 cm³/mol. The van der Waals surface area contributed by atoms with Crippen molar-refractivity contribution in [3.63, 3.8) is 0 Å². The first-order chi connectivity index (χ1) is 14.6. The highest BCUT2D eigenvalue weighted by molar-refractivity contribution is 7.99. The fraction of sp³-hybridized carbons (Fsp3) is 0.292. The van der Waals surface area contributed by atoms with Gasteiger partial charge in [-0.3, -0.25) is 4.79 Å². The number of hydrogen-bond acceptors (Lipinski definition) is 5. The zero-order valence-electron chi connectivity index (χ0n) is 17.5. The summed E-state index contributed by atoms with van der Waals surface area (Å²) < 4.78 is 0. The van der Waals surface area contributed by atoms with E-state index in [0.717, 1.165) is 17.1 Å². The molecule has 0 saturated heterocycles. The molecule has 5 nitrogen and oxygen atoms in total. The van der Waals surface area contributed by atoms with Gasteiger partial charge >= 0.3 is 0 Å². The highest BCUT2D eigenvalue weighted by Crippen LogP contribution is 2.17. The number of anilines is 2. The van der Waals surface area contributed by atoms with Crippen LogP contribution in [0.15, 0.2) is 65.7 Å². The van der Waals surface area contributed by atoms with Crippen molar-refractivity contribution >= 4 is 29.2 Å². The molecule has 0 aliphatic rings. The molecule has 0 aliphatic heterocycles. The first-order valence-corrected chi connectivity index (χ1v) is 11.3. The average molecular weight is 421 g/mol. The van der Waals surface area contributed by atoms with E-state index in [9.17, 15) is 4.79 Å². The third-order valence-electron chi connectivity index (χ3n) is 4.64. The summed E-state index contributed by atoms with van der Waals surface area (Å²) in [5, 5.41) is 15.3. The van der Waals surface area contributed by atoms with Gasteiger partial charge in [0.05, 0.1) is 5.75 Å². The quantitative estimate of drug-likeness (QED) is 0.426. The number of aryl methyl sites for hydroxylation is 2. The van der Waals surface area contributed by atoms with Crippen molar-refractivity contribution < 1.29 is 4.79 Å². The molecule has 1 aromatic heterocycles. The fourth-order valence-electron chi connectivity index (χ4n) is 2.86. The molecule has 0 saturated carbocycles. The number of carbonyl (C=O) groups excluding carboxylic acids is 1. The Morgan fingerprint density at radius 3 is 2.33 bits per heavy atom. The Kier molecular flexibility index (Phi) is 8.27. The van der Waals surface area contributed by atoms with Gasteiger partial charge in [0.25, 0.3) is 0 Å². The van der Waals surface area contributed by atoms with Gasteiger partial charge in [-0.25, -0.2) is 0 Å². The summed E-state index contributed by atoms with van der Waals surface area (Å²) in [4.78, 5) is 12.2. The topological polar surface area (TPSA) is 66.9 Å². The van der Waals surface area contributed by atoms with Crippen molar-refractivity contribution in [2.75, 3.05) is 16.4 Å². The second-order valence-corrected chi connectivity index (χ2v) is 8.23. The Morgan fingerprint density at radius 1 is 0.933 bits per heavy atom. The molecule has 0 fully saturated rings. The molecular formula is C24H28N4OS. The molecule has 3 rings (SSSR count). The van der Waals surface area contributed by atoms with Crippen LogP contribution in [0.5, 0.6) is 0 Å². The van der Waals surface area contributed by atoms with E-state index in [-0.39, 0.29) is 5.91 Å². The van der Waals surface area contributed by atoms with Crippen molar-refractivity contribution in [2.45, 2.75) is 44.7 Å². The summed E-state index contributed by atoms with van der Waals surface area (Å²) in [5.74, 6) is 0.958. The largest absolute Gasteiger partial charge is 0.365 e. The van der Waals surface area contributed by atoms with Gasteiger partial charge in [0, 0.05) is 12.2 Å². The number of amides is 1. The average Bonchev–Trinajstić information content (AvgIpc) is 2.77. The minimum Gasteiger partial charge on any atom is -0.365 e. The second-order valence-electron chi connectivity index (χ2n) is 7.23. The lowest BCUT2D eigenvalue weighted by atomic mass is 10.1. The lowest BCUT2D eigenvalue weighted by Crippen LogP contribution is -2.14.